The highest BCUT2D eigenvalue weighted by atomic mass is 19.4. The number of hydrogen-bond acceptors (Lipinski definition) is 8. The van der Waals surface area contributed by atoms with Gasteiger partial charge in [-0.1, -0.05) is 12.1 Å². The molecule has 11 nitrogen and oxygen atoms in total. The molecule has 328 valence electrons. The highest BCUT2D eigenvalue weighted by Crippen LogP contribution is 2.48. The minimum atomic E-state index is -4.72. The van der Waals surface area contributed by atoms with Gasteiger partial charge < -0.3 is 9.13 Å². The van der Waals surface area contributed by atoms with Crippen molar-refractivity contribution in [1.29, 1.82) is 0 Å². The maximum Gasteiger partial charge on any atom is 0.416 e. The molecule has 6 aromatic heterocycles. The van der Waals surface area contributed by atoms with E-state index in [0.29, 0.717) is 40.2 Å². The second-order valence-corrected chi connectivity index (χ2v) is 16.4. The molecule has 0 spiro atoms. The van der Waals surface area contributed by atoms with Crippen LogP contribution in [0.2, 0.25) is 0 Å². The summed E-state index contributed by atoms with van der Waals surface area (Å²) < 4.78 is 49.5. The highest BCUT2D eigenvalue weighted by Gasteiger charge is 2.35. The zero-order chi connectivity index (χ0) is 46.8. The lowest BCUT2D eigenvalue weighted by Crippen LogP contribution is -2.09. The Hall–Kier alpha value is -9.48. The summed E-state index contributed by atoms with van der Waals surface area (Å²) in [5, 5.41) is 3.33. The summed E-state index contributed by atoms with van der Waals surface area (Å²) in [4.78, 5) is 40.4. The Morgan fingerprint density at radius 1 is 0.435 bits per heavy atom. The second-order valence-electron chi connectivity index (χ2n) is 16.4. The van der Waals surface area contributed by atoms with Gasteiger partial charge in [0, 0.05) is 93.4 Å². The van der Waals surface area contributed by atoms with Crippen LogP contribution in [0.4, 0.5) is 18.9 Å². The van der Waals surface area contributed by atoms with Gasteiger partial charge in [-0.05, 0) is 139 Å². The lowest BCUT2D eigenvalue weighted by Gasteiger charge is -2.22. The van der Waals surface area contributed by atoms with Crippen molar-refractivity contribution in [3.05, 3.63) is 200 Å². The largest absolute Gasteiger partial charge is 0.416 e. The number of benzene rings is 6. The van der Waals surface area contributed by atoms with Crippen molar-refractivity contribution in [2.75, 3.05) is 0 Å². The number of aryl methyl sites for hydroxylation is 1. The summed E-state index contributed by atoms with van der Waals surface area (Å²) in [6.45, 7) is 10.3. The Morgan fingerprint density at radius 3 is 1.12 bits per heavy atom. The first-order valence-corrected chi connectivity index (χ1v) is 21.7. The molecule has 0 atom stereocenters. The van der Waals surface area contributed by atoms with Crippen molar-refractivity contribution in [3.8, 4) is 68.1 Å². The Bertz CT molecular complexity index is 3820. The first kappa shape index (κ1) is 41.0. The van der Waals surface area contributed by atoms with Gasteiger partial charge in [-0.15, -0.1) is 0 Å². The average Bonchev–Trinajstić information content (AvgIpc) is 3.90. The number of aromatic nitrogens is 10. The van der Waals surface area contributed by atoms with Gasteiger partial charge in [0.1, 0.15) is 0 Å². The molecule has 0 amide bonds. The lowest BCUT2D eigenvalue weighted by molar-refractivity contribution is -0.137. The van der Waals surface area contributed by atoms with Crippen LogP contribution in [0.15, 0.2) is 177 Å². The van der Waals surface area contributed by atoms with E-state index >= 15 is 13.2 Å². The Kier molecular flexibility index (Phi) is 9.59. The van der Waals surface area contributed by atoms with E-state index in [9.17, 15) is 0 Å². The van der Waals surface area contributed by atoms with Crippen molar-refractivity contribution in [2.24, 2.45) is 0 Å². The molecule has 0 bridgehead atoms. The lowest BCUT2D eigenvalue weighted by atomic mass is 9.92. The molecule has 6 aromatic carbocycles. The van der Waals surface area contributed by atoms with E-state index in [1.165, 1.54) is 6.07 Å². The van der Waals surface area contributed by atoms with Crippen LogP contribution in [-0.2, 0) is 6.18 Å². The summed E-state index contributed by atoms with van der Waals surface area (Å²) >= 11 is 0. The standard InChI is InChI=1S/C55H32F3N11/c1-32-8-3-9-42(55(56,57)58)50(32)41-30-48(68-44-14-10-33(51-60-18-4-19-61-51)26-37(44)38-27-34(11-15-45(38)68)52-62-20-5-21-63-52)49(31-43(41)59-2)69-46-16-12-35(53-64-22-6-23-65-53)28-39(46)40-29-36(13-17-47(40)69)54-66-24-7-25-67-54/h3-31H,1H3. The molecule has 0 aliphatic rings. The zero-order valence-corrected chi connectivity index (χ0v) is 36.3. The third-order valence-electron chi connectivity index (χ3n) is 12.4. The van der Waals surface area contributed by atoms with Gasteiger partial charge in [0.15, 0.2) is 29.0 Å². The smallest absolute Gasteiger partial charge is 0.308 e. The molecule has 0 fully saturated rings. The van der Waals surface area contributed by atoms with Gasteiger partial charge in [-0.3, -0.25) is 0 Å². The van der Waals surface area contributed by atoms with Gasteiger partial charge in [-0.2, -0.15) is 13.2 Å². The van der Waals surface area contributed by atoms with E-state index in [-0.39, 0.29) is 16.8 Å². The second kappa shape index (κ2) is 16.1. The van der Waals surface area contributed by atoms with E-state index < -0.39 is 11.7 Å². The highest BCUT2D eigenvalue weighted by molar-refractivity contribution is 6.14. The topological polar surface area (TPSA) is 117 Å². The summed E-state index contributed by atoms with van der Waals surface area (Å²) in [5.41, 5.74) is 6.81. The maximum atomic E-state index is 15.1. The average molecular weight is 904 g/mol. The first-order valence-electron chi connectivity index (χ1n) is 21.7. The molecule has 0 aliphatic heterocycles. The minimum Gasteiger partial charge on any atom is -0.308 e. The predicted octanol–water partition coefficient (Wildman–Crippen LogP) is 13.3. The van der Waals surface area contributed by atoms with Crippen molar-refractivity contribution >= 4 is 49.3 Å². The van der Waals surface area contributed by atoms with Crippen LogP contribution < -0.4 is 0 Å². The number of halogens is 3. The SMILES string of the molecule is [C-]#[N+]c1cc(-n2c3ccc(-c4ncccn4)cc3c3cc(-c4ncccn4)ccc32)c(-n2c3ccc(-c4ncccn4)cc3c3cc(-c4ncccn4)ccc32)cc1-c1c(C)cccc1C(F)(F)F. The first-order chi connectivity index (χ1) is 33.7. The van der Waals surface area contributed by atoms with Crippen molar-refractivity contribution in [2.45, 2.75) is 13.1 Å². The molecule has 0 saturated carbocycles. The molecule has 12 rings (SSSR count). The Labute approximate surface area is 390 Å². The molecule has 69 heavy (non-hydrogen) atoms. The van der Waals surface area contributed by atoms with E-state index in [2.05, 4.69) is 53.9 Å². The van der Waals surface area contributed by atoms with Crippen LogP contribution in [0, 0.1) is 13.5 Å². The van der Waals surface area contributed by atoms with Crippen LogP contribution in [-0.4, -0.2) is 49.0 Å². The third-order valence-corrected chi connectivity index (χ3v) is 12.4. The Balaban J connectivity index is 1.23. The number of nitrogens with zero attached hydrogens (tertiary/aromatic N) is 11. The fraction of sp³-hybridized carbons (Fsp3) is 0.0364. The normalized spacial score (nSPS) is 11.8. The molecule has 0 radical (unpaired) electrons. The van der Waals surface area contributed by atoms with Gasteiger partial charge >= 0.3 is 6.18 Å². The molecule has 0 N–H and O–H groups in total. The molecule has 12 aromatic rings. The summed E-state index contributed by atoms with van der Waals surface area (Å²) in [6.07, 6.45) is 8.79. The molecule has 6 heterocycles. The zero-order valence-electron chi connectivity index (χ0n) is 36.3. The predicted molar refractivity (Wildman–Crippen MR) is 261 cm³/mol. The Morgan fingerprint density at radius 2 is 0.783 bits per heavy atom. The molecular formula is C55H32F3N11. The molecule has 14 heteroatoms. The third kappa shape index (κ3) is 6.91. The number of hydrogen-bond donors (Lipinski definition) is 0. The van der Waals surface area contributed by atoms with Gasteiger partial charge in [-0.25, -0.2) is 44.7 Å². The van der Waals surface area contributed by atoms with Gasteiger partial charge in [0.25, 0.3) is 0 Å². The van der Waals surface area contributed by atoms with E-state index in [0.717, 1.165) is 71.9 Å². The number of rotatable bonds is 7. The van der Waals surface area contributed by atoms with Crippen molar-refractivity contribution < 1.29 is 13.2 Å². The van der Waals surface area contributed by atoms with Gasteiger partial charge in [0.2, 0.25) is 0 Å². The van der Waals surface area contributed by atoms with Crippen LogP contribution in [0.3, 0.4) is 0 Å². The maximum absolute atomic E-state index is 15.1. The molecular weight excluding hydrogens is 872 g/mol. The van der Waals surface area contributed by atoms with Crippen LogP contribution >= 0.6 is 0 Å². The molecule has 0 unspecified atom stereocenters. The molecule has 0 saturated heterocycles. The summed E-state index contributed by atoms with van der Waals surface area (Å²) in [6, 6.07) is 38.4. The number of fused-ring (bicyclic) bond motifs is 6. The van der Waals surface area contributed by atoms with Crippen LogP contribution in [0.1, 0.15) is 11.1 Å². The fourth-order valence-electron chi connectivity index (χ4n) is 9.39. The van der Waals surface area contributed by atoms with Crippen molar-refractivity contribution in [3.63, 3.8) is 0 Å². The van der Waals surface area contributed by atoms with Gasteiger partial charge in [0.05, 0.1) is 45.6 Å². The van der Waals surface area contributed by atoms with Crippen LogP contribution in [0.25, 0.3) is 117 Å². The van der Waals surface area contributed by atoms with E-state index in [1.54, 1.807) is 99.0 Å². The summed E-state index contributed by atoms with van der Waals surface area (Å²) in [5.74, 6) is 2.12. The van der Waals surface area contributed by atoms with Crippen molar-refractivity contribution in [1.82, 2.24) is 49.0 Å². The van der Waals surface area contributed by atoms with E-state index in [4.69, 9.17) is 6.57 Å². The minimum absolute atomic E-state index is 0.0416. The number of alkyl halides is 3. The van der Waals surface area contributed by atoms with Crippen LogP contribution in [0.5, 0.6) is 0 Å². The summed E-state index contributed by atoms with van der Waals surface area (Å²) in [7, 11) is 0. The molecule has 0 aliphatic carbocycles. The monoisotopic (exact) mass is 903 g/mol. The van der Waals surface area contributed by atoms with E-state index in [1.807, 2.05) is 72.8 Å². The fourth-order valence-corrected chi connectivity index (χ4v) is 9.39. The quantitative estimate of drug-likeness (QED) is 0.145.